The van der Waals surface area contributed by atoms with Gasteiger partial charge in [0.2, 0.25) is 0 Å². The molecule has 0 N–H and O–H groups in total. The van der Waals surface area contributed by atoms with Gasteiger partial charge in [-0.05, 0) is 54.7 Å². The van der Waals surface area contributed by atoms with Crippen molar-refractivity contribution in [3.8, 4) is 6.07 Å². The summed E-state index contributed by atoms with van der Waals surface area (Å²) in [4.78, 5) is 12.2. The molecular weight excluding hydrogens is 274 g/mol. The number of rotatable bonds is 3. The van der Waals surface area contributed by atoms with Crippen LogP contribution >= 0.6 is 0 Å². The van der Waals surface area contributed by atoms with Gasteiger partial charge in [0, 0.05) is 0 Å². The van der Waals surface area contributed by atoms with Gasteiger partial charge in [0.15, 0.2) is 0 Å². The topological polar surface area (TPSA) is 50.1 Å². The zero-order chi connectivity index (χ0) is 16.2. The molecular formula is C19H25NO2. The quantitative estimate of drug-likeness (QED) is 0.771. The summed E-state index contributed by atoms with van der Waals surface area (Å²) in [7, 11) is 0. The minimum absolute atomic E-state index is 0.0331. The van der Waals surface area contributed by atoms with Gasteiger partial charge in [0.1, 0.15) is 6.10 Å². The molecule has 0 unspecified atom stereocenters. The summed E-state index contributed by atoms with van der Waals surface area (Å²) in [6.07, 6.45) is 4.49. The Morgan fingerprint density at radius 2 is 1.95 bits per heavy atom. The van der Waals surface area contributed by atoms with E-state index < -0.39 is 0 Å². The molecule has 3 heteroatoms. The smallest absolute Gasteiger partial charge is 0.338 e. The zero-order valence-electron chi connectivity index (χ0n) is 13.8. The van der Waals surface area contributed by atoms with Crippen LogP contribution < -0.4 is 0 Å². The largest absolute Gasteiger partial charge is 0.459 e. The molecule has 1 aliphatic carbocycles. The van der Waals surface area contributed by atoms with Gasteiger partial charge < -0.3 is 4.74 Å². The highest BCUT2D eigenvalue weighted by atomic mass is 16.5. The van der Waals surface area contributed by atoms with Crippen molar-refractivity contribution in [1.82, 2.24) is 0 Å². The molecule has 0 bridgehead atoms. The number of hydrogen-bond acceptors (Lipinski definition) is 3. The number of benzene rings is 1. The van der Waals surface area contributed by atoms with Crippen molar-refractivity contribution in [2.75, 3.05) is 0 Å². The van der Waals surface area contributed by atoms with Crippen molar-refractivity contribution in [1.29, 1.82) is 5.26 Å². The summed E-state index contributed by atoms with van der Waals surface area (Å²) in [5, 5.41) is 8.73. The highest BCUT2D eigenvalue weighted by molar-refractivity contribution is 5.89. The van der Waals surface area contributed by atoms with Gasteiger partial charge in [-0.15, -0.1) is 0 Å². The summed E-state index contributed by atoms with van der Waals surface area (Å²) in [5.74, 6) is 0.445. The van der Waals surface area contributed by atoms with Crippen molar-refractivity contribution in [3.63, 3.8) is 0 Å². The van der Waals surface area contributed by atoms with E-state index >= 15 is 0 Å². The summed E-state index contributed by atoms with van der Waals surface area (Å²) in [5.41, 5.74) is 1.74. The Balaban J connectivity index is 1.91. The maximum Gasteiger partial charge on any atom is 0.338 e. The highest BCUT2D eigenvalue weighted by Crippen LogP contribution is 2.38. The van der Waals surface area contributed by atoms with Crippen LogP contribution in [-0.2, 0) is 11.2 Å². The lowest BCUT2D eigenvalue weighted by atomic mass is 9.72. The summed E-state index contributed by atoms with van der Waals surface area (Å²) in [6, 6.07) is 9.27. The Hall–Kier alpha value is -1.82. The van der Waals surface area contributed by atoms with E-state index in [4.69, 9.17) is 10.00 Å². The third-order valence-electron chi connectivity index (χ3n) is 4.62. The van der Waals surface area contributed by atoms with E-state index in [2.05, 4.69) is 26.8 Å². The van der Waals surface area contributed by atoms with Gasteiger partial charge in [0.25, 0.3) is 0 Å². The number of carbonyl (C=O) groups is 1. The third kappa shape index (κ3) is 4.34. The molecule has 2 rings (SSSR count). The Labute approximate surface area is 133 Å². The number of ether oxygens (including phenoxy) is 1. The minimum Gasteiger partial charge on any atom is -0.459 e. The number of nitrogens with zero attached hydrogens (tertiary/aromatic N) is 1. The normalized spacial score (nSPS) is 21.9. The van der Waals surface area contributed by atoms with Crippen LogP contribution in [0.1, 0.15) is 62.4 Å². The van der Waals surface area contributed by atoms with Crippen LogP contribution in [0.5, 0.6) is 0 Å². The zero-order valence-corrected chi connectivity index (χ0v) is 13.8. The summed E-state index contributed by atoms with van der Waals surface area (Å²) < 4.78 is 5.65. The first kappa shape index (κ1) is 16.5. The van der Waals surface area contributed by atoms with Gasteiger partial charge in [-0.3, -0.25) is 0 Å². The molecule has 0 atom stereocenters. The van der Waals surface area contributed by atoms with Crippen LogP contribution in [0.4, 0.5) is 0 Å². The highest BCUT2D eigenvalue weighted by Gasteiger charge is 2.31. The Morgan fingerprint density at radius 1 is 1.27 bits per heavy atom. The molecule has 1 aromatic carbocycles. The second-order valence-corrected chi connectivity index (χ2v) is 7.28. The molecule has 0 amide bonds. The molecule has 1 aromatic rings. The maximum atomic E-state index is 12.2. The standard InChI is InChI=1S/C19H25NO2/c1-19(2,3)16-7-9-17(10-8-16)22-18(21)15-6-4-5-14(13-15)11-12-20/h4-6,13,16-17H,7-11H2,1-3H3. The lowest BCUT2D eigenvalue weighted by Gasteiger charge is -2.36. The third-order valence-corrected chi connectivity index (χ3v) is 4.62. The van der Waals surface area contributed by atoms with Gasteiger partial charge >= 0.3 is 5.97 Å². The van der Waals surface area contributed by atoms with Crippen molar-refractivity contribution in [2.45, 2.75) is 59.0 Å². The van der Waals surface area contributed by atoms with E-state index in [9.17, 15) is 4.79 Å². The number of hydrogen-bond donors (Lipinski definition) is 0. The SMILES string of the molecule is CC(C)(C)C1CCC(OC(=O)c2cccc(CC#N)c2)CC1. The molecule has 0 radical (unpaired) electrons. The predicted octanol–water partition coefficient (Wildman–Crippen LogP) is 4.51. The molecule has 0 aromatic heterocycles. The van der Waals surface area contributed by atoms with Crippen LogP contribution in [0.3, 0.4) is 0 Å². The van der Waals surface area contributed by atoms with Crippen LogP contribution in [0, 0.1) is 22.7 Å². The minimum atomic E-state index is -0.265. The van der Waals surface area contributed by atoms with Gasteiger partial charge in [-0.2, -0.15) is 5.26 Å². The molecule has 118 valence electrons. The monoisotopic (exact) mass is 299 g/mol. The van der Waals surface area contributed by atoms with E-state index in [-0.39, 0.29) is 12.1 Å². The van der Waals surface area contributed by atoms with E-state index in [1.54, 1.807) is 18.2 Å². The van der Waals surface area contributed by atoms with E-state index in [0.717, 1.165) is 31.2 Å². The molecule has 22 heavy (non-hydrogen) atoms. The van der Waals surface area contributed by atoms with Gasteiger partial charge in [0.05, 0.1) is 18.1 Å². The van der Waals surface area contributed by atoms with Crippen molar-refractivity contribution >= 4 is 5.97 Å². The summed E-state index contributed by atoms with van der Waals surface area (Å²) >= 11 is 0. The van der Waals surface area contributed by atoms with Gasteiger partial charge in [-0.25, -0.2) is 4.79 Å². The molecule has 0 spiro atoms. The molecule has 0 heterocycles. The fourth-order valence-corrected chi connectivity index (χ4v) is 3.17. The lowest BCUT2D eigenvalue weighted by Crippen LogP contribution is -2.30. The van der Waals surface area contributed by atoms with E-state index in [1.807, 2.05) is 6.07 Å². The first-order chi connectivity index (χ1) is 10.4. The molecule has 0 saturated heterocycles. The molecule has 1 fully saturated rings. The Kier molecular flexibility index (Phi) is 5.24. The predicted molar refractivity (Wildman–Crippen MR) is 86.4 cm³/mol. The van der Waals surface area contributed by atoms with Crippen molar-refractivity contribution < 1.29 is 9.53 Å². The van der Waals surface area contributed by atoms with E-state index in [1.165, 1.54) is 0 Å². The average Bonchev–Trinajstić information content (AvgIpc) is 2.47. The second kappa shape index (κ2) is 6.96. The first-order valence-corrected chi connectivity index (χ1v) is 8.07. The van der Waals surface area contributed by atoms with Crippen LogP contribution in [0.2, 0.25) is 0 Å². The molecule has 1 saturated carbocycles. The fourth-order valence-electron chi connectivity index (χ4n) is 3.17. The number of nitriles is 1. The first-order valence-electron chi connectivity index (χ1n) is 8.07. The lowest BCUT2D eigenvalue weighted by molar-refractivity contribution is 0.00928. The van der Waals surface area contributed by atoms with Crippen LogP contribution in [-0.4, -0.2) is 12.1 Å². The fraction of sp³-hybridized carbons (Fsp3) is 0.579. The molecule has 1 aliphatic rings. The van der Waals surface area contributed by atoms with Crippen LogP contribution in [0.25, 0.3) is 0 Å². The van der Waals surface area contributed by atoms with Gasteiger partial charge in [-0.1, -0.05) is 32.9 Å². The Bertz CT molecular complexity index is 558. The van der Waals surface area contributed by atoms with Crippen molar-refractivity contribution in [2.24, 2.45) is 11.3 Å². The number of esters is 1. The second-order valence-electron chi connectivity index (χ2n) is 7.28. The van der Waals surface area contributed by atoms with E-state index in [0.29, 0.717) is 23.3 Å². The van der Waals surface area contributed by atoms with Crippen molar-refractivity contribution in [3.05, 3.63) is 35.4 Å². The average molecular weight is 299 g/mol. The Morgan fingerprint density at radius 3 is 2.55 bits per heavy atom. The number of carbonyl (C=O) groups excluding carboxylic acids is 1. The molecule has 3 nitrogen and oxygen atoms in total. The van der Waals surface area contributed by atoms with Crippen LogP contribution in [0.15, 0.2) is 24.3 Å². The molecule has 0 aliphatic heterocycles. The maximum absolute atomic E-state index is 12.2. The summed E-state index contributed by atoms with van der Waals surface area (Å²) in [6.45, 7) is 6.85.